The molecule has 220 valence electrons. The van der Waals surface area contributed by atoms with Gasteiger partial charge in [-0.3, -0.25) is 4.57 Å². The summed E-state index contributed by atoms with van der Waals surface area (Å²) in [5, 5.41) is 0. The van der Waals surface area contributed by atoms with Crippen LogP contribution in [0, 0.1) is 0 Å². The highest BCUT2D eigenvalue weighted by Crippen LogP contribution is 2.28. The summed E-state index contributed by atoms with van der Waals surface area (Å²) in [6.07, 6.45) is 0. The highest BCUT2D eigenvalue weighted by Gasteiger charge is 2.18. The quantitative estimate of drug-likeness (QED) is 0.277. The molecular formula is C28H47O8P3+2. The molecule has 0 heterocycles. The average molecular weight is 605 g/mol. The van der Waals surface area contributed by atoms with Crippen molar-refractivity contribution in [3.05, 3.63) is 97.1 Å². The molecule has 0 aliphatic carbocycles. The predicted octanol–water partition coefficient (Wildman–Crippen LogP) is 10.0. The fourth-order valence-electron chi connectivity index (χ4n) is 1.59. The monoisotopic (exact) mass is 604 g/mol. The van der Waals surface area contributed by atoms with Gasteiger partial charge < -0.3 is 4.89 Å². The van der Waals surface area contributed by atoms with Gasteiger partial charge in [0.05, 0.1) is 14.2 Å². The van der Waals surface area contributed by atoms with Crippen molar-refractivity contribution in [2.24, 2.45) is 0 Å². The second-order valence-electron chi connectivity index (χ2n) is 6.07. The van der Waals surface area contributed by atoms with E-state index in [4.69, 9.17) is 13.9 Å². The minimum absolute atomic E-state index is 0.551. The van der Waals surface area contributed by atoms with Crippen LogP contribution in [0.2, 0.25) is 0 Å². The number of hydrogen-bond donors (Lipinski definition) is 1. The lowest BCUT2D eigenvalue weighted by Gasteiger charge is -1.87. The number of benzene rings is 3. The Labute approximate surface area is 238 Å². The molecule has 0 radical (unpaired) electrons. The second-order valence-corrected chi connectivity index (χ2v) is 10.6. The van der Waals surface area contributed by atoms with Gasteiger partial charge in [0.25, 0.3) is 0 Å². The van der Waals surface area contributed by atoms with Gasteiger partial charge in [-0.1, -0.05) is 114 Å². The Kier molecular flexibility index (Phi) is 37.6. The van der Waals surface area contributed by atoms with Crippen molar-refractivity contribution >= 4 is 23.9 Å². The van der Waals surface area contributed by atoms with Gasteiger partial charge in [-0.2, -0.15) is 0 Å². The molecule has 0 spiro atoms. The van der Waals surface area contributed by atoms with E-state index in [0.29, 0.717) is 11.5 Å². The van der Waals surface area contributed by atoms with Crippen LogP contribution in [-0.4, -0.2) is 32.4 Å². The first-order valence-corrected chi connectivity index (χ1v) is 17.2. The van der Waals surface area contributed by atoms with Gasteiger partial charge in [0, 0.05) is 22.5 Å². The van der Waals surface area contributed by atoms with Crippen LogP contribution in [-0.2, 0) is 22.7 Å². The summed E-state index contributed by atoms with van der Waals surface area (Å²) >= 11 is 0. The molecule has 0 saturated carbocycles. The molecule has 3 aromatic rings. The lowest BCUT2D eigenvalue weighted by atomic mass is 10.3. The van der Waals surface area contributed by atoms with Gasteiger partial charge in [0.1, 0.15) is 0 Å². The Balaban J connectivity index is -0.000000204. The highest BCUT2D eigenvalue weighted by molar-refractivity contribution is 7.56. The smallest absolute Gasteiger partial charge is 0.345 e. The van der Waals surface area contributed by atoms with Crippen LogP contribution in [0.25, 0.3) is 0 Å². The van der Waals surface area contributed by atoms with Crippen molar-refractivity contribution < 1.29 is 36.7 Å². The third-order valence-corrected chi connectivity index (χ3v) is 4.13. The van der Waals surface area contributed by atoms with Crippen molar-refractivity contribution in [3.63, 3.8) is 0 Å². The summed E-state index contributed by atoms with van der Waals surface area (Å²) < 4.78 is 49.7. The normalized spacial score (nSPS) is 9.31. The number of hydrogen-bond acceptors (Lipinski definition) is 7. The van der Waals surface area contributed by atoms with Crippen molar-refractivity contribution in [2.45, 2.75) is 41.5 Å². The van der Waals surface area contributed by atoms with Crippen molar-refractivity contribution in [2.75, 3.05) is 27.5 Å². The summed E-state index contributed by atoms with van der Waals surface area (Å²) in [6.45, 7) is 14.6. The van der Waals surface area contributed by atoms with Crippen LogP contribution in [0.3, 0.4) is 0 Å². The Bertz CT molecular complexity index is 850. The number of rotatable bonds is 6. The van der Waals surface area contributed by atoms with Gasteiger partial charge in [-0.05, 0) is 24.3 Å². The molecular weight excluding hydrogens is 557 g/mol. The molecule has 0 bridgehead atoms. The average Bonchev–Trinajstić information content (AvgIpc) is 2.98. The third-order valence-electron chi connectivity index (χ3n) is 2.81. The summed E-state index contributed by atoms with van der Waals surface area (Å²) in [5.41, 5.74) is 0. The molecule has 0 aliphatic heterocycles. The molecule has 8 nitrogen and oxygen atoms in total. The zero-order chi connectivity index (χ0) is 31.0. The second kappa shape index (κ2) is 33.6. The summed E-state index contributed by atoms with van der Waals surface area (Å²) in [5.74, 6) is 1.10. The third kappa shape index (κ3) is 40.2. The van der Waals surface area contributed by atoms with Crippen LogP contribution in [0.4, 0.5) is 0 Å². The molecule has 0 aromatic heterocycles. The van der Waals surface area contributed by atoms with E-state index in [1.807, 2.05) is 90.1 Å². The maximum Gasteiger partial charge on any atom is 0.749 e. The van der Waals surface area contributed by atoms with Gasteiger partial charge in [-0.25, -0.2) is 9.05 Å². The molecule has 39 heavy (non-hydrogen) atoms. The van der Waals surface area contributed by atoms with Crippen LogP contribution >= 0.6 is 23.9 Å². The van der Waals surface area contributed by atoms with Crippen LogP contribution in [0.15, 0.2) is 97.1 Å². The Morgan fingerprint density at radius 1 is 0.538 bits per heavy atom. The lowest BCUT2D eigenvalue weighted by molar-refractivity contribution is 0.348. The molecule has 0 amide bonds. The van der Waals surface area contributed by atoms with E-state index >= 15 is 0 Å². The van der Waals surface area contributed by atoms with E-state index in [0.717, 1.165) is 0 Å². The molecule has 2 unspecified atom stereocenters. The van der Waals surface area contributed by atoms with Crippen molar-refractivity contribution in [1.29, 1.82) is 0 Å². The van der Waals surface area contributed by atoms with Gasteiger partial charge in [0.2, 0.25) is 0 Å². The van der Waals surface area contributed by atoms with E-state index in [9.17, 15) is 13.7 Å². The fourth-order valence-corrected chi connectivity index (χ4v) is 2.33. The molecule has 1 N–H and O–H groups in total. The number of para-hydroxylation sites is 2. The standard InChI is InChI=1S/2C7H8O3P.C6H6.C2H7O2P.3C2H6/c2*1-9-11(8)10-7-5-3-2-4-6-7;1-2-4-6-5-3-1;1-5(2,3)4;3*1-2/h2*2-6H,1H3;1-6H;1-2H3,(H,3,4);3*1-2H3/q2*+1;;;;;. The molecule has 0 saturated heterocycles. The van der Waals surface area contributed by atoms with Crippen LogP contribution in [0.5, 0.6) is 11.5 Å². The Hall–Kier alpha value is -2.43. The van der Waals surface area contributed by atoms with Crippen molar-refractivity contribution in [1.82, 2.24) is 0 Å². The van der Waals surface area contributed by atoms with E-state index in [-0.39, 0.29) is 0 Å². The minimum atomic E-state index is -2.64. The zero-order valence-electron chi connectivity index (χ0n) is 24.9. The van der Waals surface area contributed by atoms with Crippen LogP contribution in [0.1, 0.15) is 41.5 Å². The van der Waals surface area contributed by atoms with Crippen LogP contribution < -0.4 is 9.05 Å². The molecule has 0 aliphatic rings. The largest absolute Gasteiger partial charge is 0.749 e. The van der Waals surface area contributed by atoms with Gasteiger partial charge in [0.15, 0.2) is 18.9 Å². The first-order valence-electron chi connectivity index (χ1n) is 12.4. The molecule has 3 rings (SSSR count). The van der Waals surface area contributed by atoms with E-state index in [1.165, 1.54) is 27.5 Å². The molecule has 11 heteroatoms. The topological polar surface area (TPSA) is 108 Å². The SMILES string of the molecule is CC.CC.CC.CO[P+](=O)Oc1ccccc1.CO[P+](=O)Oc1ccccc1.CP(C)(=O)O.c1ccccc1. The first kappa shape index (κ1) is 43.6. The van der Waals surface area contributed by atoms with Gasteiger partial charge >= 0.3 is 16.5 Å². The maximum absolute atomic E-state index is 10.7. The Morgan fingerprint density at radius 2 is 0.718 bits per heavy atom. The summed E-state index contributed by atoms with van der Waals surface area (Å²) in [6, 6.07) is 29.8. The highest BCUT2D eigenvalue weighted by atomic mass is 31.2. The molecule has 2 atom stereocenters. The molecule has 3 aromatic carbocycles. The van der Waals surface area contributed by atoms with E-state index in [2.05, 4.69) is 9.05 Å². The lowest BCUT2D eigenvalue weighted by Crippen LogP contribution is -1.80. The summed E-state index contributed by atoms with van der Waals surface area (Å²) in [4.78, 5) is 8.08. The maximum atomic E-state index is 10.7. The minimum Gasteiger partial charge on any atom is -0.345 e. The zero-order valence-corrected chi connectivity index (χ0v) is 27.6. The van der Waals surface area contributed by atoms with E-state index < -0.39 is 23.9 Å². The molecule has 0 fully saturated rings. The van der Waals surface area contributed by atoms with Crippen molar-refractivity contribution in [3.8, 4) is 11.5 Å². The first-order chi connectivity index (χ1) is 18.7. The fraction of sp³-hybridized carbons (Fsp3) is 0.357. The van der Waals surface area contributed by atoms with E-state index in [1.54, 1.807) is 48.5 Å². The summed E-state index contributed by atoms with van der Waals surface area (Å²) in [7, 11) is -3.98. The van der Waals surface area contributed by atoms with Gasteiger partial charge in [-0.15, -0.1) is 9.05 Å². The predicted molar refractivity (Wildman–Crippen MR) is 166 cm³/mol. The Morgan fingerprint density at radius 3 is 0.897 bits per heavy atom.